The number of amides is 1. The van der Waals surface area contributed by atoms with E-state index in [1.807, 2.05) is 36.4 Å². The van der Waals surface area contributed by atoms with Gasteiger partial charge in [0.2, 0.25) is 5.91 Å². The number of aromatic nitrogens is 4. The van der Waals surface area contributed by atoms with Crippen LogP contribution >= 0.6 is 0 Å². The monoisotopic (exact) mass is 407 g/mol. The number of benzene rings is 1. The van der Waals surface area contributed by atoms with Gasteiger partial charge in [-0.15, -0.1) is 0 Å². The fourth-order valence-electron chi connectivity index (χ4n) is 3.73. The summed E-state index contributed by atoms with van der Waals surface area (Å²) in [6.07, 6.45) is 5.33. The normalized spacial score (nSPS) is 15.8. The van der Waals surface area contributed by atoms with Gasteiger partial charge in [0.1, 0.15) is 11.6 Å². The van der Waals surface area contributed by atoms with E-state index in [2.05, 4.69) is 15.4 Å². The molecule has 2 aromatic heterocycles. The minimum Gasteiger partial charge on any atom is -0.497 e. The van der Waals surface area contributed by atoms with E-state index in [-0.39, 0.29) is 17.5 Å². The molecule has 0 saturated heterocycles. The lowest BCUT2D eigenvalue weighted by molar-refractivity contribution is -0.125. The largest absolute Gasteiger partial charge is 0.497 e. The number of methoxy groups -OCH3 is 1. The number of hydrogen-bond acceptors (Lipinski definition) is 5. The molecular formula is C22H25N5O3. The third-order valence-corrected chi connectivity index (χ3v) is 5.50. The van der Waals surface area contributed by atoms with Crippen molar-refractivity contribution in [3.63, 3.8) is 0 Å². The second-order valence-electron chi connectivity index (χ2n) is 7.45. The highest BCUT2D eigenvalue weighted by Gasteiger charge is 2.25. The first kappa shape index (κ1) is 19.9. The van der Waals surface area contributed by atoms with Crippen LogP contribution in [0.15, 0.2) is 53.6 Å². The van der Waals surface area contributed by atoms with Crippen LogP contribution in [0.25, 0.3) is 0 Å². The van der Waals surface area contributed by atoms with E-state index in [1.165, 1.54) is 4.68 Å². The van der Waals surface area contributed by atoms with Gasteiger partial charge < -0.3 is 10.1 Å². The van der Waals surface area contributed by atoms with Crippen molar-refractivity contribution >= 4 is 5.91 Å². The number of aryl methyl sites for hydroxylation is 1. The zero-order valence-electron chi connectivity index (χ0n) is 17.0. The number of fused-ring (bicyclic) bond motifs is 1. The molecule has 0 bridgehead atoms. The molecular weight excluding hydrogens is 382 g/mol. The van der Waals surface area contributed by atoms with Gasteiger partial charge in [0, 0.05) is 37.8 Å². The lowest BCUT2D eigenvalue weighted by Gasteiger charge is -2.14. The van der Waals surface area contributed by atoms with Crippen molar-refractivity contribution in [2.45, 2.75) is 38.9 Å². The highest BCUT2D eigenvalue weighted by molar-refractivity contribution is 5.78. The Morgan fingerprint density at radius 2 is 1.90 bits per heavy atom. The lowest BCUT2D eigenvalue weighted by Crippen LogP contribution is -2.31. The van der Waals surface area contributed by atoms with Gasteiger partial charge in [-0.05, 0) is 48.2 Å². The Balaban J connectivity index is 1.36. The van der Waals surface area contributed by atoms with Gasteiger partial charge in [-0.1, -0.05) is 12.1 Å². The number of ether oxygens (including phenoxy) is 1. The van der Waals surface area contributed by atoms with Crippen molar-refractivity contribution in [1.82, 2.24) is 24.6 Å². The van der Waals surface area contributed by atoms with Crippen LogP contribution in [0.4, 0.5) is 0 Å². The smallest absolute Gasteiger partial charge is 0.346 e. The van der Waals surface area contributed by atoms with Crippen molar-refractivity contribution in [2.24, 2.45) is 5.92 Å². The van der Waals surface area contributed by atoms with Crippen LogP contribution in [0.2, 0.25) is 0 Å². The summed E-state index contributed by atoms with van der Waals surface area (Å²) < 4.78 is 8.35. The maximum Gasteiger partial charge on any atom is 0.346 e. The molecule has 1 aliphatic rings. The topological polar surface area (TPSA) is 91.0 Å². The van der Waals surface area contributed by atoms with E-state index in [1.54, 1.807) is 24.1 Å². The molecule has 4 rings (SSSR count). The maximum absolute atomic E-state index is 12.7. The number of carbonyl (C=O) groups excluding carboxylic acids is 1. The molecule has 0 spiro atoms. The predicted molar refractivity (Wildman–Crippen MR) is 111 cm³/mol. The van der Waals surface area contributed by atoms with Gasteiger partial charge in [-0.2, -0.15) is 5.10 Å². The van der Waals surface area contributed by atoms with E-state index >= 15 is 0 Å². The van der Waals surface area contributed by atoms with E-state index in [9.17, 15) is 9.59 Å². The summed E-state index contributed by atoms with van der Waals surface area (Å²) in [4.78, 5) is 29.4. The molecule has 30 heavy (non-hydrogen) atoms. The van der Waals surface area contributed by atoms with Crippen LogP contribution in [-0.2, 0) is 30.8 Å². The van der Waals surface area contributed by atoms with Crippen LogP contribution in [0.5, 0.6) is 5.75 Å². The second-order valence-corrected chi connectivity index (χ2v) is 7.45. The molecule has 1 N–H and O–H groups in total. The lowest BCUT2D eigenvalue weighted by atomic mass is 9.99. The summed E-state index contributed by atoms with van der Waals surface area (Å²) in [5, 5.41) is 7.53. The molecule has 8 nitrogen and oxygen atoms in total. The molecule has 1 aliphatic heterocycles. The summed E-state index contributed by atoms with van der Waals surface area (Å²) in [5.74, 6) is 1.43. The van der Waals surface area contributed by atoms with Crippen LogP contribution in [0, 0.1) is 5.92 Å². The number of nitrogens with one attached hydrogen (secondary N) is 1. The first-order chi connectivity index (χ1) is 14.6. The zero-order valence-corrected chi connectivity index (χ0v) is 17.0. The molecule has 8 heteroatoms. The Bertz CT molecular complexity index is 1060. The SMILES string of the molecule is COc1ccc(CNC(=O)C2CCc3nn(Cc4ccncc4)c(=O)n3CC2)cc1. The van der Waals surface area contributed by atoms with Crippen LogP contribution in [-0.4, -0.2) is 32.3 Å². The van der Waals surface area contributed by atoms with Gasteiger partial charge in [0.05, 0.1) is 13.7 Å². The van der Waals surface area contributed by atoms with Gasteiger partial charge >= 0.3 is 5.69 Å². The second kappa shape index (κ2) is 8.94. The molecule has 1 aromatic carbocycles. The number of carbonyl (C=O) groups is 1. The van der Waals surface area contributed by atoms with Crippen molar-refractivity contribution in [2.75, 3.05) is 7.11 Å². The van der Waals surface area contributed by atoms with E-state index in [0.29, 0.717) is 38.9 Å². The molecule has 0 radical (unpaired) electrons. The minimum absolute atomic E-state index is 0.0219. The Morgan fingerprint density at radius 1 is 1.13 bits per heavy atom. The Kier molecular flexibility index (Phi) is 5.92. The standard InChI is InChI=1S/C22H25N5O3/c1-30-19-5-2-16(3-6-19)14-24-21(28)18-4-7-20-25-27(22(29)26(20)13-10-18)15-17-8-11-23-12-9-17/h2-3,5-6,8-9,11-12,18H,4,7,10,13-15H2,1H3,(H,24,28). The van der Waals surface area contributed by atoms with Crippen molar-refractivity contribution in [3.05, 3.63) is 76.2 Å². The molecule has 0 aliphatic carbocycles. The van der Waals surface area contributed by atoms with Crippen molar-refractivity contribution in [1.29, 1.82) is 0 Å². The molecule has 156 valence electrons. The van der Waals surface area contributed by atoms with Crippen LogP contribution in [0.1, 0.15) is 29.8 Å². The molecule has 3 heterocycles. The number of pyridine rings is 1. The summed E-state index contributed by atoms with van der Waals surface area (Å²) in [7, 11) is 1.63. The number of hydrogen-bond donors (Lipinski definition) is 1. The van der Waals surface area contributed by atoms with Gasteiger partial charge in [0.25, 0.3) is 0 Å². The Hall–Kier alpha value is -3.42. The van der Waals surface area contributed by atoms with E-state index in [4.69, 9.17) is 4.74 Å². The summed E-state index contributed by atoms with van der Waals surface area (Å²) >= 11 is 0. The first-order valence-corrected chi connectivity index (χ1v) is 10.1. The quantitative estimate of drug-likeness (QED) is 0.672. The fourth-order valence-corrected chi connectivity index (χ4v) is 3.73. The van der Waals surface area contributed by atoms with E-state index in [0.717, 1.165) is 22.7 Å². The summed E-state index contributed by atoms with van der Waals surface area (Å²) in [5.41, 5.74) is 1.88. The Morgan fingerprint density at radius 3 is 2.63 bits per heavy atom. The van der Waals surface area contributed by atoms with Gasteiger partial charge in [0.15, 0.2) is 0 Å². The number of nitrogens with zero attached hydrogens (tertiary/aromatic N) is 4. The molecule has 0 fully saturated rings. The van der Waals surface area contributed by atoms with Gasteiger partial charge in [-0.3, -0.25) is 14.3 Å². The average Bonchev–Trinajstić information content (AvgIpc) is 2.94. The first-order valence-electron chi connectivity index (χ1n) is 10.1. The Labute approximate surface area is 174 Å². The maximum atomic E-state index is 12.7. The third kappa shape index (κ3) is 4.42. The molecule has 0 saturated carbocycles. The molecule has 3 aromatic rings. The van der Waals surface area contributed by atoms with Crippen molar-refractivity contribution in [3.8, 4) is 5.75 Å². The van der Waals surface area contributed by atoms with E-state index < -0.39 is 0 Å². The average molecular weight is 407 g/mol. The summed E-state index contributed by atoms with van der Waals surface area (Å²) in [6, 6.07) is 11.4. The zero-order chi connectivity index (χ0) is 20.9. The van der Waals surface area contributed by atoms with Crippen molar-refractivity contribution < 1.29 is 9.53 Å². The predicted octanol–water partition coefficient (Wildman–Crippen LogP) is 1.77. The minimum atomic E-state index is -0.127. The number of rotatable bonds is 6. The highest BCUT2D eigenvalue weighted by Crippen LogP contribution is 2.19. The molecule has 1 amide bonds. The molecule has 1 atom stereocenters. The van der Waals surface area contributed by atoms with Crippen LogP contribution < -0.4 is 15.7 Å². The summed E-state index contributed by atoms with van der Waals surface area (Å²) in [6.45, 7) is 1.40. The van der Waals surface area contributed by atoms with Gasteiger partial charge in [-0.25, -0.2) is 9.48 Å². The fraction of sp³-hybridized carbons (Fsp3) is 0.364. The van der Waals surface area contributed by atoms with Crippen LogP contribution in [0.3, 0.4) is 0 Å². The molecule has 1 unspecified atom stereocenters. The third-order valence-electron chi connectivity index (χ3n) is 5.50. The highest BCUT2D eigenvalue weighted by atomic mass is 16.5.